The number of para-hydroxylation sites is 1. The second-order valence-corrected chi connectivity index (χ2v) is 7.38. The quantitative estimate of drug-likeness (QED) is 0.390. The minimum Gasteiger partial charge on any atom is -0.385 e. The Morgan fingerprint density at radius 2 is 1.90 bits per heavy atom. The molecule has 7 heteroatoms. The average molecular weight is 405 g/mol. The summed E-state index contributed by atoms with van der Waals surface area (Å²) in [5.41, 5.74) is 9.23. The molecule has 30 heavy (non-hydrogen) atoms. The van der Waals surface area contributed by atoms with Gasteiger partial charge in [0, 0.05) is 17.6 Å². The number of nitrogens with one attached hydrogen (secondary N) is 2. The van der Waals surface area contributed by atoms with E-state index >= 15 is 0 Å². The SMILES string of the molecule is CCN(CC)CCCNc1ccc2c(c1)[nH]c(=O)c1c(N)n(-c3ccccc3)nc12. The third-order valence-corrected chi connectivity index (χ3v) is 5.55. The predicted octanol–water partition coefficient (Wildman–Crippen LogP) is 3.59. The van der Waals surface area contributed by atoms with Crippen molar-refractivity contribution in [2.75, 3.05) is 37.2 Å². The van der Waals surface area contributed by atoms with Crippen molar-refractivity contribution in [3.05, 3.63) is 58.9 Å². The first-order valence-corrected chi connectivity index (χ1v) is 10.5. The van der Waals surface area contributed by atoms with Crippen LogP contribution in [-0.4, -0.2) is 45.8 Å². The number of pyridine rings is 1. The molecule has 0 atom stereocenters. The van der Waals surface area contributed by atoms with Crippen LogP contribution in [0.3, 0.4) is 0 Å². The van der Waals surface area contributed by atoms with E-state index in [1.165, 1.54) is 0 Å². The van der Waals surface area contributed by atoms with Crippen LogP contribution in [0, 0.1) is 0 Å². The number of benzene rings is 2. The van der Waals surface area contributed by atoms with Gasteiger partial charge in [-0.15, -0.1) is 0 Å². The van der Waals surface area contributed by atoms with Crippen molar-refractivity contribution in [1.29, 1.82) is 0 Å². The highest BCUT2D eigenvalue weighted by molar-refractivity contribution is 6.07. The molecule has 2 aromatic carbocycles. The topological polar surface area (TPSA) is 92.0 Å². The monoisotopic (exact) mass is 404 g/mol. The van der Waals surface area contributed by atoms with Crippen molar-refractivity contribution in [3.8, 4) is 5.69 Å². The minimum atomic E-state index is -0.226. The molecular formula is C23H28N6O. The molecule has 0 saturated heterocycles. The number of hydrogen-bond acceptors (Lipinski definition) is 5. The van der Waals surface area contributed by atoms with E-state index in [2.05, 4.69) is 34.1 Å². The summed E-state index contributed by atoms with van der Waals surface area (Å²) >= 11 is 0. The lowest BCUT2D eigenvalue weighted by molar-refractivity contribution is 0.303. The van der Waals surface area contributed by atoms with Crippen LogP contribution in [-0.2, 0) is 0 Å². The normalized spacial score (nSPS) is 11.6. The second-order valence-electron chi connectivity index (χ2n) is 7.38. The van der Waals surface area contributed by atoms with Gasteiger partial charge in [-0.3, -0.25) is 4.79 Å². The molecule has 0 fully saturated rings. The molecule has 0 amide bonds. The van der Waals surface area contributed by atoms with Crippen LogP contribution in [0.5, 0.6) is 0 Å². The average Bonchev–Trinajstić information content (AvgIpc) is 3.12. The molecule has 0 unspecified atom stereocenters. The molecule has 2 aromatic heterocycles. The molecule has 156 valence electrons. The zero-order chi connectivity index (χ0) is 21.1. The summed E-state index contributed by atoms with van der Waals surface area (Å²) in [5, 5.41) is 9.41. The summed E-state index contributed by atoms with van der Waals surface area (Å²) in [5.74, 6) is 0.345. The first kappa shape index (κ1) is 20.0. The molecule has 0 bridgehead atoms. The number of H-pyrrole nitrogens is 1. The number of aromatic nitrogens is 3. The molecule has 0 aliphatic carbocycles. The Hall–Kier alpha value is -3.32. The van der Waals surface area contributed by atoms with Gasteiger partial charge in [-0.25, -0.2) is 4.68 Å². The van der Waals surface area contributed by atoms with Gasteiger partial charge in [0.2, 0.25) is 0 Å². The molecule has 0 aliphatic rings. The molecular weight excluding hydrogens is 376 g/mol. The van der Waals surface area contributed by atoms with Crippen molar-refractivity contribution in [3.63, 3.8) is 0 Å². The van der Waals surface area contributed by atoms with Crippen molar-refractivity contribution >= 4 is 33.3 Å². The van der Waals surface area contributed by atoms with Gasteiger partial charge in [0.1, 0.15) is 16.7 Å². The van der Waals surface area contributed by atoms with Crippen molar-refractivity contribution in [1.82, 2.24) is 19.7 Å². The molecule has 0 aliphatic heterocycles. The van der Waals surface area contributed by atoms with Crippen LogP contribution in [0.2, 0.25) is 0 Å². The second kappa shape index (κ2) is 8.59. The summed E-state index contributed by atoms with van der Waals surface area (Å²) < 4.78 is 1.62. The Labute approximate surface area is 175 Å². The highest BCUT2D eigenvalue weighted by atomic mass is 16.1. The van der Waals surface area contributed by atoms with Gasteiger partial charge in [-0.2, -0.15) is 5.10 Å². The predicted molar refractivity (Wildman–Crippen MR) is 125 cm³/mol. The van der Waals surface area contributed by atoms with Crippen LogP contribution in [0.25, 0.3) is 27.5 Å². The fourth-order valence-corrected chi connectivity index (χ4v) is 3.83. The van der Waals surface area contributed by atoms with E-state index in [1.807, 2.05) is 48.5 Å². The third-order valence-electron chi connectivity index (χ3n) is 5.55. The highest BCUT2D eigenvalue weighted by Gasteiger charge is 2.16. The Balaban J connectivity index is 1.64. The van der Waals surface area contributed by atoms with E-state index in [-0.39, 0.29) is 5.56 Å². The van der Waals surface area contributed by atoms with Gasteiger partial charge in [-0.1, -0.05) is 32.0 Å². The maximum Gasteiger partial charge on any atom is 0.261 e. The summed E-state index contributed by atoms with van der Waals surface area (Å²) in [6, 6.07) is 15.6. The van der Waals surface area contributed by atoms with Crippen molar-refractivity contribution in [2.45, 2.75) is 20.3 Å². The van der Waals surface area contributed by atoms with E-state index in [0.717, 1.165) is 54.9 Å². The summed E-state index contributed by atoms with van der Waals surface area (Å²) in [6.07, 6.45) is 1.06. The number of anilines is 2. The Morgan fingerprint density at radius 3 is 2.63 bits per heavy atom. The van der Waals surface area contributed by atoms with Crippen molar-refractivity contribution < 1.29 is 0 Å². The highest BCUT2D eigenvalue weighted by Crippen LogP contribution is 2.27. The summed E-state index contributed by atoms with van der Waals surface area (Å²) in [4.78, 5) is 18.1. The lowest BCUT2D eigenvalue weighted by atomic mass is 10.1. The lowest BCUT2D eigenvalue weighted by Gasteiger charge is -2.18. The fourth-order valence-electron chi connectivity index (χ4n) is 3.83. The van der Waals surface area contributed by atoms with E-state index in [9.17, 15) is 4.79 Å². The molecule has 4 rings (SSSR count). The Morgan fingerprint density at radius 1 is 1.13 bits per heavy atom. The first-order chi connectivity index (χ1) is 14.6. The number of nitrogens with zero attached hydrogens (tertiary/aromatic N) is 3. The number of rotatable bonds is 8. The fraction of sp³-hybridized carbons (Fsp3) is 0.304. The molecule has 0 radical (unpaired) electrons. The summed E-state index contributed by atoms with van der Waals surface area (Å²) in [7, 11) is 0. The van der Waals surface area contributed by atoms with E-state index in [0.29, 0.717) is 16.7 Å². The zero-order valence-electron chi connectivity index (χ0n) is 17.5. The number of nitrogens with two attached hydrogens (primary N) is 1. The lowest BCUT2D eigenvalue weighted by Crippen LogP contribution is -2.25. The molecule has 4 N–H and O–H groups in total. The number of aromatic amines is 1. The van der Waals surface area contributed by atoms with Crippen LogP contribution in [0.15, 0.2) is 53.3 Å². The Bertz CT molecular complexity index is 1210. The van der Waals surface area contributed by atoms with Gasteiger partial charge in [0.15, 0.2) is 0 Å². The molecule has 0 spiro atoms. The molecule has 0 saturated carbocycles. The zero-order valence-corrected chi connectivity index (χ0v) is 17.5. The maximum absolute atomic E-state index is 12.8. The third kappa shape index (κ3) is 3.76. The maximum atomic E-state index is 12.8. The molecule has 4 aromatic rings. The molecule has 7 nitrogen and oxygen atoms in total. The van der Waals surface area contributed by atoms with E-state index in [4.69, 9.17) is 5.73 Å². The van der Waals surface area contributed by atoms with Gasteiger partial charge < -0.3 is 20.9 Å². The van der Waals surface area contributed by atoms with Gasteiger partial charge in [-0.05, 0) is 56.4 Å². The largest absolute Gasteiger partial charge is 0.385 e. The number of fused-ring (bicyclic) bond motifs is 3. The van der Waals surface area contributed by atoms with Crippen LogP contribution >= 0.6 is 0 Å². The van der Waals surface area contributed by atoms with Crippen LogP contribution in [0.1, 0.15) is 20.3 Å². The van der Waals surface area contributed by atoms with Crippen LogP contribution < -0.4 is 16.6 Å². The van der Waals surface area contributed by atoms with Gasteiger partial charge >= 0.3 is 0 Å². The Kier molecular flexibility index (Phi) is 5.72. The standard InChI is InChI=1S/C23H28N6O/c1-3-28(4-2)14-8-13-25-16-11-12-18-19(15-16)26-23(30)20-21(18)27-29(22(20)24)17-9-6-5-7-10-17/h5-7,9-12,15,25H,3-4,8,13-14,24H2,1-2H3,(H,26,30). The van der Waals surface area contributed by atoms with Gasteiger partial charge in [0.05, 0.1) is 11.2 Å². The van der Waals surface area contributed by atoms with Crippen molar-refractivity contribution in [2.24, 2.45) is 0 Å². The van der Waals surface area contributed by atoms with Crippen LogP contribution in [0.4, 0.5) is 11.5 Å². The minimum absolute atomic E-state index is 0.226. The summed E-state index contributed by atoms with van der Waals surface area (Å²) in [6.45, 7) is 8.46. The van der Waals surface area contributed by atoms with Gasteiger partial charge in [0.25, 0.3) is 5.56 Å². The molecule has 2 heterocycles. The van der Waals surface area contributed by atoms with E-state index < -0.39 is 0 Å². The smallest absolute Gasteiger partial charge is 0.261 e. The number of hydrogen-bond donors (Lipinski definition) is 3. The number of nitrogen functional groups attached to an aromatic ring is 1. The van der Waals surface area contributed by atoms with E-state index in [1.54, 1.807) is 4.68 Å². The first-order valence-electron chi connectivity index (χ1n) is 10.5.